The molecule has 0 aromatic heterocycles. The summed E-state index contributed by atoms with van der Waals surface area (Å²) in [6.45, 7) is -1.19. The zero-order valence-electron chi connectivity index (χ0n) is 10.7. The summed E-state index contributed by atoms with van der Waals surface area (Å²) < 4.78 is 36.8. The number of hydrogen-bond acceptors (Lipinski definition) is 2. The summed E-state index contributed by atoms with van der Waals surface area (Å²) in [5.41, 5.74) is -0.331. The second-order valence-electron chi connectivity index (χ2n) is 6.11. The SMILES string of the molecule is OCC1(NCC(F)(F)F)CCC2(CCCC2)CC1. The zero-order chi connectivity index (χ0) is 13.3. The lowest BCUT2D eigenvalue weighted by molar-refractivity contribution is -0.132. The molecule has 0 atom stereocenters. The van der Waals surface area contributed by atoms with E-state index < -0.39 is 18.3 Å². The Labute approximate surface area is 106 Å². The van der Waals surface area contributed by atoms with Gasteiger partial charge in [0, 0.05) is 5.54 Å². The molecule has 0 heterocycles. The van der Waals surface area contributed by atoms with E-state index in [4.69, 9.17) is 0 Å². The normalized spacial score (nSPS) is 26.7. The van der Waals surface area contributed by atoms with Gasteiger partial charge in [-0.2, -0.15) is 13.2 Å². The standard InChI is InChI=1S/C13H22F3NO/c14-13(15,16)9-17-12(10-18)7-5-11(6-8-12)3-1-2-4-11/h17-18H,1-10H2. The lowest BCUT2D eigenvalue weighted by Gasteiger charge is -2.45. The van der Waals surface area contributed by atoms with Crippen LogP contribution in [0.3, 0.4) is 0 Å². The minimum absolute atomic E-state index is 0.195. The number of halogens is 3. The first kappa shape index (κ1) is 14.1. The fourth-order valence-corrected chi connectivity index (χ4v) is 3.56. The lowest BCUT2D eigenvalue weighted by atomic mass is 9.66. The van der Waals surface area contributed by atoms with Crippen molar-refractivity contribution in [1.82, 2.24) is 5.32 Å². The molecular formula is C13H22F3NO. The maximum absolute atomic E-state index is 12.3. The summed E-state index contributed by atoms with van der Waals surface area (Å²) >= 11 is 0. The van der Waals surface area contributed by atoms with Crippen LogP contribution in [-0.4, -0.2) is 30.0 Å². The molecule has 2 saturated carbocycles. The Balaban J connectivity index is 1.91. The van der Waals surface area contributed by atoms with Crippen LogP contribution in [0.1, 0.15) is 51.4 Å². The molecule has 0 unspecified atom stereocenters. The third-order valence-electron chi connectivity index (χ3n) is 4.90. The van der Waals surface area contributed by atoms with Gasteiger partial charge in [0.15, 0.2) is 0 Å². The molecule has 106 valence electrons. The topological polar surface area (TPSA) is 32.3 Å². The van der Waals surface area contributed by atoms with Gasteiger partial charge in [-0.25, -0.2) is 0 Å². The van der Waals surface area contributed by atoms with E-state index in [0.29, 0.717) is 18.3 Å². The van der Waals surface area contributed by atoms with E-state index in [1.165, 1.54) is 25.7 Å². The van der Waals surface area contributed by atoms with Crippen LogP contribution in [0, 0.1) is 5.41 Å². The van der Waals surface area contributed by atoms with Crippen LogP contribution in [0.5, 0.6) is 0 Å². The highest BCUT2D eigenvalue weighted by Crippen LogP contribution is 2.51. The van der Waals surface area contributed by atoms with Crippen molar-refractivity contribution < 1.29 is 18.3 Å². The number of aliphatic hydroxyl groups excluding tert-OH is 1. The van der Waals surface area contributed by atoms with E-state index >= 15 is 0 Å². The van der Waals surface area contributed by atoms with Crippen molar-refractivity contribution in [2.75, 3.05) is 13.2 Å². The predicted octanol–water partition coefficient (Wildman–Crippen LogP) is 3.00. The molecule has 2 nitrogen and oxygen atoms in total. The number of rotatable bonds is 3. The van der Waals surface area contributed by atoms with Gasteiger partial charge in [0.05, 0.1) is 13.2 Å². The largest absolute Gasteiger partial charge is 0.401 e. The molecule has 2 N–H and O–H groups in total. The zero-order valence-corrected chi connectivity index (χ0v) is 10.7. The lowest BCUT2D eigenvalue weighted by Crippen LogP contribution is -2.54. The molecule has 18 heavy (non-hydrogen) atoms. The van der Waals surface area contributed by atoms with E-state index in [-0.39, 0.29) is 6.61 Å². The first-order chi connectivity index (χ1) is 8.39. The van der Waals surface area contributed by atoms with E-state index in [9.17, 15) is 18.3 Å². The molecule has 0 aliphatic heterocycles. The third-order valence-corrected chi connectivity index (χ3v) is 4.90. The molecule has 5 heteroatoms. The highest BCUT2D eigenvalue weighted by molar-refractivity contribution is 4.99. The second kappa shape index (κ2) is 5.00. The van der Waals surface area contributed by atoms with Crippen molar-refractivity contribution in [3.63, 3.8) is 0 Å². The van der Waals surface area contributed by atoms with E-state index in [1.807, 2.05) is 0 Å². The van der Waals surface area contributed by atoms with Crippen LogP contribution in [0.15, 0.2) is 0 Å². The fourth-order valence-electron chi connectivity index (χ4n) is 3.56. The van der Waals surface area contributed by atoms with Crippen LogP contribution in [-0.2, 0) is 0 Å². The number of hydrogen-bond donors (Lipinski definition) is 2. The van der Waals surface area contributed by atoms with Crippen LogP contribution in [0.4, 0.5) is 13.2 Å². The van der Waals surface area contributed by atoms with Crippen LogP contribution < -0.4 is 5.32 Å². The first-order valence-electron chi connectivity index (χ1n) is 6.82. The molecule has 0 aromatic carbocycles. The van der Waals surface area contributed by atoms with Crippen molar-refractivity contribution in [3.8, 4) is 0 Å². The monoisotopic (exact) mass is 265 g/mol. The molecule has 0 radical (unpaired) electrons. The van der Waals surface area contributed by atoms with Crippen LogP contribution >= 0.6 is 0 Å². The van der Waals surface area contributed by atoms with Crippen LogP contribution in [0.2, 0.25) is 0 Å². The van der Waals surface area contributed by atoms with Crippen LogP contribution in [0.25, 0.3) is 0 Å². The quantitative estimate of drug-likeness (QED) is 0.822. The highest BCUT2D eigenvalue weighted by Gasteiger charge is 2.44. The van der Waals surface area contributed by atoms with E-state index in [1.54, 1.807) is 0 Å². The molecule has 0 saturated heterocycles. The molecule has 0 bridgehead atoms. The maximum Gasteiger partial charge on any atom is 0.401 e. The van der Waals surface area contributed by atoms with Gasteiger partial charge < -0.3 is 10.4 Å². The summed E-state index contributed by atoms with van der Waals surface area (Å²) in [5.74, 6) is 0. The summed E-state index contributed by atoms with van der Waals surface area (Å²) in [5, 5.41) is 12.0. The van der Waals surface area contributed by atoms with Crippen molar-refractivity contribution in [2.24, 2.45) is 5.41 Å². The molecule has 0 amide bonds. The first-order valence-corrected chi connectivity index (χ1v) is 6.82. The van der Waals surface area contributed by atoms with Crippen molar-refractivity contribution >= 4 is 0 Å². The van der Waals surface area contributed by atoms with Gasteiger partial charge in [-0.3, -0.25) is 0 Å². The summed E-state index contributed by atoms with van der Waals surface area (Å²) in [6.07, 6.45) is 3.98. The molecule has 1 spiro atoms. The molecular weight excluding hydrogens is 243 g/mol. The Kier molecular flexibility index (Phi) is 3.93. The maximum atomic E-state index is 12.3. The van der Waals surface area contributed by atoms with Crippen molar-refractivity contribution in [2.45, 2.75) is 63.1 Å². The highest BCUT2D eigenvalue weighted by atomic mass is 19.4. The number of nitrogens with one attached hydrogen (secondary N) is 1. The predicted molar refractivity (Wildman–Crippen MR) is 63.2 cm³/mol. The fraction of sp³-hybridized carbons (Fsp3) is 1.00. The van der Waals surface area contributed by atoms with Gasteiger partial charge in [-0.15, -0.1) is 0 Å². The van der Waals surface area contributed by atoms with Crippen molar-refractivity contribution in [3.05, 3.63) is 0 Å². The Morgan fingerprint density at radius 2 is 1.50 bits per heavy atom. The van der Waals surface area contributed by atoms with Gasteiger partial charge in [0.25, 0.3) is 0 Å². The Hall–Kier alpha value is -0.290. The Bertz CT molecular complexity index is 274. The molecule has 2 fully saturated rings. The summed E-state index contributed by atoms with van der Waals surface area (Å²) in [7, 11) is 0. The van der Waals surface area contributed by atoms with Crippen molar-refractivity contribution in [1.29, 1.82) is 0 Å². The average Bonchev–Trinajstić information content (AvgIpc) is 2.77. The minimum atomic E-state index is -4.20. The van der Waals surface area contributed by atoms with E-state index in [2.05, 4.69) is 5.32 Å². The van der Waals surface area contributed by atoms with Gasteiger partial charge in [0.2, 0.25) is 0 Å². The summed E-state index contributed by atoms with van der Waals surface area (Å²) in [6, 6.07) is 0. The number of aliphatic hydroxyl groups is 1. The minimum Gasteiger partial charge on any atom is -0.394 e. The third kappa shape index (κ3) is 3.18. The molecule has 2 rings (SSSR count). The van der Waals surface area contributed by atoms with Gasteiger partial charge >= 0.3 is 6.18 Å². The number of alkyl halides is 3. The molecule has 2 aliphatic rings. The smallest absolute Gasteiger partial charge is 0.394 e. The van der Waals surface area contributed by atoms with Gasteiger partial charge in [-0.05, 0) is 43.9 Å². The molecule has 0 aromatic rings. The average molecular weight is 265 g/mol. The second-order valence-corrected chi connectivity index (χ2v) is 6.11. The summed E-state index contributed by atoms with van der Waals surface area (Å²) in [4.78, 5) is 0. The van der Waals surface area contributed by atoms with Gasteiger partial charge in [-0.1, -0.05) is 12.8 Å². The van der Waals surface area contributed by atoms with Gasteiger partial charge in [0.1, 0.15) is 0 Å². The Morgan fingerprint density at radius 1 is 0.944 bits per heavy atom. The van der Waals surface area contributed by atoms with E-state index in [0.717, 1.165) is 12.8 Å². The molecule has 2 aliphatic carbocycles. The Morgan fingerprint density at radius 3 is 1.94 bits per heavy atom.